The average molecular weight is 242 g/mol. The summed E-state index contributed by atoms with van der Waals surface area (Å²) in [7, 11) is 0. The largest absolute Gasteiger partial charge is 0.477 e. The summed E-state index contributed by atoms with van der Waals surface area (Å²) in [6.45, 7) is 5.09. The lowest BCUT2D eigenvalue weighted by Gasteiger charge is -2.07. The zero-order valence-electron chi connectivity index (χ0n) is 8.93. The quantitative estimate of drug-likeness (QED) is 0.274. The van der Waals surface area contributed by atoms with Crippen LogP contribution in [-0.2, 0) is 4.79 Å². The van der Waals surface area contributed by atoms with E-state index < -0.39 is 5.97 Å². The molecule has 0 atom stereocenters. The number of carboxylic acids is 1. The summed E-state index contributed by atoms with van der Waals surface area (Å²) in [6.07, 6.45) is 2.68. The molecule has 0 rings (SSSR count). The maximum absolute atomic E-state index is 10.9. The molecule has 0 aromatic carbocycles. The fourth-order valence-corrected chi connectivity index (χ4v) is 0.915. The number of nitrogens with one attached hydrogen (secondary N) is 1. The summed E-state index contributed by atoms with van der Waals surface area (Å²) >= 11 is 4.74. The minimum atomic E-state index is -1.14. The van der Waals surface area contributed by atoms with Crippen LogP contribution in [0.15, 0.2) is 28.9 Å². The first-order valence-corrected chi connectivity index (χ1v) is 4.93. The maximum Gasteiger partial charge on any atom is 0.352 e. The molecule has 0 spiro atoms. The number of hydrogen-bond donors (Lipinski definition) is 3. The van der Waals surface area contributed by atoms with Crippen LogP contribution in [0.2, 0.25) is 0 Å². The first-order valence-electron chi connectivity index (χ1n) is 4.52. The van der Waals surface area contributed by atoms with E-state index >= 15 is 0 Å². The highest BCUT2D eigenvalue weighted by atomic mass is 32.1. The first-order chi connectivity index (χ1) is 7.52. The molecule has 0 aliphatic carbocycles. The molecule has 5 nitrogen and oxygen atoms in total. The summed E-state index contributed by atoms with van der Waals surface area (Å²) in [6, 6.07) is 0. The Labute approximate surface area is 99.2 Å². The molecule has 0 heterocycles. The lowest BCUT2D eigenvalue weighted by atomic mass is 10.2. The van der Waals surface area contributed by atoms with Crippen molar-refractivity contribution in [3.63, 3.8) is 0 Å². The number of aliphatic imine (C=N–C) groups is 1. The van der Waals surface area contributed by atoms with Gasteiger partial charge in [0.1, 0.15) is 5.70 Å². The van der Waals surface area contributed by atoms with Crippen LogP contribution in [0.5, 0.6) is 0 Å². The van der Waals surface area contributed by atoms with Crippen molar-refractivity contribution in [2.45, 2.75) is 6.92 Å². The number of aliphatic hydroxyl groups is 1. The molecule has 6 heteroatoms. The molecule has 0 aliphatic rings. The average Bonchev–Trinajstić information content (AvgIpc) is 2.22. The molecule has 0 aromatic heterocycles. The highest BCUT2D eigenvalue weighted by Gasteiger charge is 2.10. The van der Waals surface area contributed by atoms with Crippen LogP contribution in [0.4, 0.5) is 0 Å². The Morgan fingerprint density at radius 2 is 2.25 bits per heavy atom. The van der Waals surface area contributed by atoms with Crippen LogP contribution in [0.1, 0.15) is 6.92 Å². The number of hydrogen-bond acceptors (Lipinski definition) is 4. The SMILES string of the molecule is C=CC(C=NC(C)=S)=C(NCCO)C(=O)O. The van der Waals surface area contributed by atoms with Gasteiger partial charge in [-0.25, -0.2) is 9.79 Å². The van der Waals surface area contributed by atoms with Crippen LogP contribution >= 0.6 is 12.2 Å². The van der Waals surface area contributed by atoms with Crippen molar-refractivity contribution in [3.05, 3.63) is 23.9 Å². The van der Waals surface area contributed by atoms with E-state index in [-0.39, 0.29) is 18.8 Å². The standard InChI is InChI=1S/C10H14N2O3S/c1-3-8(6-12-7(2)16)9(10(14)15)11-4-5-13/h3,6,11,13H,1,4-5H2,2H3,(H,14,15). The second-order valence-corrected chi connectivity index (χ2v) is 3.36. The van der Waals surface area contributed by atoms with Crippen LogP contribution in [-0.4, -0.2) is 40.5 Å². The van der Waals surface area contributed by atoms with Gasteiger partial charge in [0.2, 0.25) is 0 Å². The van der Waals surface area contributed by atoms with Gasteiger partial charge in [0.25, 0.3) is 0 Å². The van der Waals surface area contributed by atoms with E-state index in [1.165, 1.54) is 12.3 Å². The van der Waals surface area contributed by atoms with E-state index in [4.69, 9.17) is 22.4 Å². The first kappa shape index (κ1) is 14.5. The molecule has 88 valence electrons. The van der Waals surface area contributed by atoms with Crippen LogP contribution in [0.25, 0.3) is 0 Å². The molecule has 0 bridgehead atoms. The molecular weight excluding hydrogens is 228 g/mol. The Morgan fingerprint density at radius 1 is 1.62 bits per heavy atom. The minimum absolute atomic E-state index is 0.0657. The number of carbonyl (C=O) groups is 1. The van der Waals surface area contributed by atoms with E-state index in [0.717, 1.165) is 0 Å². The van der Waals surface area contributed by atoms with Crippen molar-refractivity contribution in [2.75, 3.05) is 13.2 Å². The Bertz CT molecular complexity index is 348. The third-order valence-electron chi connectivity index (χ3n) is 1.52. The normalized spacial score (nSPS) is 12.1. The summed E-state index contributed by atoms with van der Waals surface area (Å²) < 4.78 is 0. The highest BCUT2D eigenvalue weighted by Crippen LogP contribution is 2.01. The zero-order chi connectivity index (χ0) is 12.6. The number of allylic oxidation sites excluding steroid dienone is 2. The summed E-state index contributed by atoms with van der Waals surface area (Å²) in [5.41, 5.74) is 0.245. The lowest BCUT2D eigenvalue weighted by Crippen LogP contribution is -2.25. The van der Waals surface area contributed by atoms with Crippen molar-refractivity contribution in [1.29, 1.82) is 0 Å². The number of aliphatic hydroxyl groups excluding tert-OH is 1. The molecule has 0 aliphatic heterocycles. The Kier molecular flexibility index (Phi) is 6.98. The smallest absolute Gasteiger partial charge is 0.352 e. The Morgan fingerprint density at radius 3 is 2.62 bits per heavy atom. The number of aliphatic carboxylic acids is 1. The molecule has 0 unspecified atom stereocenters. The number of nitrogens with zero attached hydrogens (tertiary/aromatic N) is 1. The van der Waals surface area contributed by atoms with Gasteiger partial charge in [-0.2, -0.15) is 0 Å². The molecule has 0 radical (unpaired) electrons. The molecule has 0 aromatic rings. The molecule has 0 amide bonds. The van der Waals surface area contributed by atoms with Gasteiger partial charge in [-0.1, -0.05) is 24.9 Å². The van der Waals surface area contributed by atoms with Crippen LogP contribution < -0.4 is 5.32 Å². The summed E-state index contributed by atoms with van der Waals surface area (Å²) in [5.74, 6) is -1.14. The van der Waals surface area contributed by atoms with Gasteiger partial charge in [-0.15, -0.1) is 0 Å². The minimum Gasteiger partial charge on any atom is -0.477 e. The van der Waals surface area contributed by atoms with Crippen molar-refractivity contribution in [1.82, 2.24) is 5.32 Å². The van der Waals surface area contributed by atoms with Crippen LogP contribution in [0, 0.1) is 0 Å². The summed E-state index contributed by atoms with van der Waals surface area (Å²) in [4.78, 5) is 15.1. The molecule has 0 saturated heterocycles. The fourth-order valence-electron chi connectivity index (χ4n) is 0.862. The van der Waals surface area contributed by atoms with E-state index in [9.17, 15) is 4.79 Å². The second kappa shape index (κ2) is 7.72. The van der Waals surface area contributed by atoms with Crippen molar-refractivity contribution in [2.24, 2.45) is 4.99 Å². The van der Waals surface area contributed by atoms with Gasteiger partial charge in [0.15, 0.2) is 0 Å². The predicted molar refractivity (Wildman–Crippen MR) is 66.7 cm³/mol. The molecular formula is C10H14N2O3S. The Hall–Kier alpha value is -1.53. The van der Waals surface area contributed by atoms with E-state index in [2.05, 4.69) is 16.9 Å². The zero-order valence-corrected chi connectivity index (χ0v) is 9.75. The van der Waals surface area contributed by atoms with Gasteiger partial charge >= 0.3 is 5.97 Å². The van der Waals surface area contributed by atoms with Gasteiger partial charge in [-0.05, 0) is 6.92 Å². The maximum atomic E-state index is 10.9. The second-order valence-electron chi connectivity index (χ2n) is 2.77. The number of carboxylic acid groups (broad SMARTS) is 1. The molecule has 16 heavy (non-hydrogen) atoms. The number of rotatable bonds is 6. The molecule has 0 fully saturated rings. The van der Waals surface area contributed by atoms with Crippen LogP contribution in [0.3, 0.4) is 0 Å². The Balaban J connectivity index is 5.07. The van der Waals surface area contributed by atoms with Crippen molar-refractivity contribution >= 4 is 29.4 Å². The van der Waals surface area contributed by atoms with E-state index in [1.54, 1.807) is 6.92 Å². The lowest BCUT2D eigenvalue weighted by molar-refractivity contribution is -0.133. The monoisotopic (exact) mass is 242 g/mol. The van der Waals surface area contributed by atoms with E-state index in [1.807, 2.05) is 0 Å². The van der Waals surface area contributed by atoms with Gasteiger partial charge in [0, 0.05) is 18.3 Å². The number of thiocarbonyl (C=S) groups is 1. The van der Waals surface area contributed by atoms with E-state index in [0.29, 0.717) is 10.6 Å². The molecule has 0 saturated carbocycles. The van der Waals surface area contributed by atoms with Gasteiger partial charge in [0.05, 0.1) is 11.6 Å². The molecule has 3 N–H and O–H groups in total. The fraction of sp³-hybridized carbons (Fsp3) is 0.300. The van der Waals surface area contributed by atoms with Gasteiger partial charge < -0.3 is 15.5 Å². The topological polar surface area (TPSA) is 81.9 Å². The highest BCUT2D eigenvalue weighted by molar-refractivity contribution is 7.80. The van der Waals surface area contributed by atoms with Crippen molar-refractivity contribution in [3.8, 4) is 0 Å². The third kappa shape index (κ3) is 5.38. The predicted octanol–water partition coefficient (Wildman–Crippen LogP) is 0.511. The van der Waals surface area contributed by atoms with Crippen molar-refractivity contribution < 1.29 is 15.0 Å². The third-order valence-corrected chi connectivity index (χ3v) is 1.63. The summed E-state index contributed by atoms with van der Waals surface area (Å²) in [5, 5.41) is 20.1. The van der Waals surface area contributed by atoms with Gasteiger partial charge in [-0.3, -0.25) is 0 Å².